The number of para-hydroxylation sites is 2. The molecule has 4 aromatic rings. The molecule has 4 aromatic carbocycles. The summed E-state index contributed by atoms with van der Waals surface area (Å²) in [5.41, 5.74) is 13.6. The number of hydrogen-bond acceptors (Lipinski definition) is 2. The summed E-state index contributed by atoms with van der Waals surface area (Å²) in [5.74, 6) is 1.66. The third-order valence-corrected chi connectivity index (χ3v) is 8.52. The van der Waals surface area contributed by atoms with E-state index in [1.54, 1.807) is 20.0 Å². The summed E-state index contributed by atoms with van der Waals surface area (Å²) in [6, 6.07) is 27.4. The van der Waals surface area contributed by atoms with E-state index in [9.17, 15) is 0 Å². The molecule has 218 valence electrons. The molecule has 0 atom stereocenters. The summed E-state index contributed by atoms with van der Waals surface area (Å²) in [6.45, 7) is 21.0. The Hall–Kier alpha value is -2.49. The normalized spacial score (nSPS) is 14.2. The van der Waals surface area contributed by atoms with Crippen LogP contribution in [0.25, 0.3) is 22.2 Å². The number of hydrogen-bond donors (Lipinski definition) is 0. The summed E-state index contributed by atoms with van der Waals surface area (Å²) in [6.07, 6.45) is 0. The number of benzene rings is 4. The standard InChI is InChI=1S/C37H41N2.Au.ClH/c1-22(2)27-15-11-16-28(23(3)4)34(27)38-21-39(35-29(24(5)6)17-12-18-30(35)25(7)8)37-32-20-10-14-26-13-9-19-31(33(26)32)36(37)38;;/h9-25H,1-8H3;;1H/q-1;+1;/p-1. The first-order chi connectivity index (χ1) is 19.7. The molecule has 0 unspecified atom stereocenters. The maximum absolute atomic E-state index is 4.58. The van der Waals surface area contributed by atoms with Crippen molar-refractivity contribution in [2.45, 2.75) is 79.1 Å². The molecule has 0 N–H and O–H groups in total. The van der Waals surface area contributed by atoms with Crippen LogP contribution in [-0.4, -0.2) is 0 Å². The first-order valence-corrected chi connectivity index (χ1v) is 17.5. The van der Waals surface area contributed by atoms with E-state index in [0.717, 1.165) is 0 Å². The van der Waals surface area contributed by atoms with Crippen molar-refractivity contribution in [1.82, 2.24) is 0 Å². The fraction of sp³-hybridized carbons (Fsp3) is 0.324. The van der Waals surface area contributed by atoms with Crippen molar-refractivity contribution in [3.8, 4) is 0 Å². The molecule has 0 saturated heterocycles. The number of nitrogens with zero attached hydrogens (tertiary/aromatic N) is 2. The monoisotopic (exact) mass is 745 g/mol. The van der Waals surface area contributed by atoms with E-state index in [1.165, 1.54) is 66.9 Å². The fourth-order valence-electron chi connectivity index (χ4n) is 6.63. The molecule has 0 saturated carbocycles. The molecule has 0 spiro atoms. The van der Waals surface area contributed by atoms with E-state index in [1.807, 2.05) is 0 Å². The molecule has 0 radical (unpaired) electrons. The minimum absolute atomic E-state index is 0.416. The van der Waals surface area contributed by atoms with Gasteiger partial charge in [0.2, 0.25) is 0 Å². The zero-order chi connectivity index (χ0) is 29.6. The third-order valence-electron chi connectivity index (χ3n) is 8.52. The van der Waals surface area contributed by atoms with Gasteiger partial charge in [0.05, 0.1) is 0 Å². The van der Waals surface area contributed by atoms with Gasteiger partial charge in [0, 0.05) is 39.3 Å². The van der Waals surface area contributed by atoms with Gasteiger partial charge in [-0.15, -0.1) is 6.67 Å². The summed E-state index contributed by atoms with van der Waals surface area (Å²) in [4.78, 5) is 5.08. The number of anilines is 2. The van der Waals surface area contributed by atoms with Gasteiger partial charge in [0.15, 0.2) is 0 Å². The zero-order valence-electron chi connectivity index (χ0n) is 25.4. The van der Waals surface area contributed by atoms with Gasteiger partial charge < -0.3 is 9.80 Å². The molecular weight excluding hydrogens is 705 g/mol. The van der Waals surface area contributed by atoms with E-state index in [2.05, 4.69) is 154 Å². The Morgan fingerprint density at radius 1 is 0.512 bits per heavy atom. The second-order valence-corrected chi connectivity index (χ2v) is 12.5. The van der Waals surface area contributed by atoms with Crippen molar-refractivity contribution in [2.75, 3.05) is 9.80 Å². The maximum atomic E-state index is 4.58. The van der Waals surface area contributed by atoms with Crippen LogP contribution in [0.5, 0.6) is 0 Å². The van der Waals surface area contributed by atoms with Crippen LogP contribution in [0.15, 0.2) is 72.8 Å². The molecule has 4 heteroatoms. The number of halogens is 1. The van der Waals surface area contributed by atoms with Crippen molar-refractivity contribution in [3.63, 3.8) is 0 Å². The van der Waals surface area contributed by atoms with E-state index in [0.29, 0.717) is 23.7 Å². The first-order valence-electron chi connectivity index (χ1n) is 14.8. The van der Waals surface area contributed by atoms with Crippen LogP contribution < -0.4 is 9.80 Å². The van der Waals surface area contributed by atoms with Gasteiger partial charge in [0.25, 0.3) is 0 Å². The quantitative estimate of drug-likeness (QED) is 0.143. The van der Waals surface area contributed by atoms with Crippen molar-refractivity contribution in [3.05, 3.63) is 113 Å². The Bertz CT molecular complexity index is 1450. The topological polar surface area (TPSA) is 6.48 Å². The van der Waals surface area contributed by atoms with Gasteiger partial charge in [0.1, 0.15) is 0 Å². The molecule has 0 bridgehead atoms. The molecule has 1 aliphatic carbocycles. The summed E-state index contributed by atoms with van der Waals surface area (Å²) in [5, 5.41) is 2.68. The Kier molecular flexibility index (Phi) is 8.79. The second-order valence-electron chi connectivity index (χ2n) is 12.5. The average molecular weight is 746 g/mol. The average Bonchev–Trinajstić information content (AvgIpc) is 3.51. The van der Waals surface area contributed by atoms with Crippen LogP contribution in [0.2, 0.25) is 0 Å². The van der Waals surface area contributed by atoms with Gasteiger partial charge in [-0.1, -0.05) is 128 Å². The van der Waals surface area contributed by atoms with E-state index in [4.69, 9.17) is 0 Å². The van der Waals surface area contributed by atoms with Gasteiger partial charge >= 0.3 is 29.2 Å². The molecule has 41 heavy (non-hydrogen) atoms. The van der Waals surface area contributed by atoms with Crippen LogP contribution in [0, 0.1) is 6.67 Å². The zero-order valence-corrected chi connectivity index (χ0v) is 28.3. The van der Waals surface area contributed by atoms with Gasteiger partial charge in [-0.2, -0.15) is 0 Å². The van der Waals surface area contributed by atoms with Crippen LogP contribution in [0.1, 0.15) is 112 Å². The van der Waals surface area contributed by atoms with Crippen LogP contribution in [-0.2, 0) is 20.0 Å². The van der Waals surface area contributed by atoms with Crippen molar-refractivity contribution in [1.29, 1.82) is 0 Å². The molecule has 0 fully saturated rings. The predicted octanol–water partition coefficient (Wildman–Crippen LogP) is 11.3. The molecule has 2 aliphatic rings. The Morgan fingerprint density at radius 2 is 0.829 bits per heavy atom. The Labute approximate surface area is 263 Å². The summed E-state index contributed by atoms with van der Waals surface area (Å²) < 4.78 is 0. The minimum atomic E-state index is 0.416. The molecular formula is C37H41AuClN2-. The van der Waals surface area contributed by atoms with Crippen LogP contribution in [0.4, 0.5) is 11.4 Å². The molecule has 6 rings (SSSR count). The Morgan fingerprint density at radius 3 is 1.15 bits per heavy atom. The van der Waals surface area contributed by atoms with Gasteiger partial charge in [-0.25, -0.2) is 0 Å². The van der Waals surface area contributed by atoms with Crippen LogP contribution >= 0.6 is 9.19 Å². The molecule has 1 heterocycles. The van der Waals surface area contributed by atoms with Gasteiger partial charge in [-0.3, -0.25) is 0 Å². The van der Waals surface area contributed by atoms with Crippen LogP contribution in [0.3, 0.4) is 0 Å². The predicted molar refractivity (Wildman–Crippen MR) is 175 cm³/mol. The van der Waals surface area contributed by atoms with Crippen molar-refractivity contribution >= 4 is 42.7 Å². The van der Waals surface area contributed by atoms with E-state index in [-0.39, 0.29) is 0 Å². The molecule has 0 aromatic heterocycles. The summed E-state index contributed by atoms with van der Waals surface area (Å²) >= 11 is 1.75. The van der Waals surface area contributed by atoms with Crippen molar-refractivity contribution < 1.29 is 20.0 Å². The molecule has 0 amide bonds. The first kappa shape index (κ1) is 30.0. The van der Waals surface area contributed by atoms with Crippen molar-refractivity contribution in [2.24, 2.45) is 0 Å². The fourth-order valence-corrected chi connectivity index (χ4v) is 6.63. The number of rotatable bonds is 6. The second kappa shape index (κ2) is 12.0. The Balaban J connectivity index is 0.00000165. The van der Waals surface area contributed by atoms with E-state index < -0.39 is 0 Å². The molecule has 2 nitrogen and oxygen atoms in total. The SMILES string of the molecule is CC(C)c1cccc(C(C)C)c1N1[CH-]N(c2c(C(C)C)cccc2C(C)C)C2=C1c1cccc3cccc2c13.[Cl][Au]. The summed E-state index contributed by atoms with van der Waals surface area (Å²) in [7, 11) is 4.58. The van der Waals surface area contributed by atoms with Gasteiger partial charge in [-0.05, 0) is 51.3 Å². The number of fused-ring (bicyclic) bond motifs is 2. The molecule has 1 aliphatic heterocycles. The van der Waals surface area contributed by atoms with E-state index >= 15 is 0 Å². The third kappa shape index (κ3) is 4.97.